The number of amides is 1. The van der Waals surface area contributed by atoms with E-state index in [2.05, 4.69) is 44.8 Å². The molecule has 3 aliphatic rings. The Hall–Kier alpha value is -1.35. The quantitative estimate of drug-likeness (QED) is 0.429. The topological polar surface area (TPSA) is 49.3 Å². The third-order valence-electron chi connectivity index (χ3n) is 9.61. The van der Waals surface area contributed by atoms with Crippen molar-refractivity contribution in [3.05, 3.63) is 35.5 Å². The van der Waals surface area contributed by atoms with Crippen molar-refractivity contribution in [1.82, 2.24) is 5.32 Å². The molecular formula is C30H49NO2. The predicted molar refractivity (Wildman–Crippen MR) is 139 cm³/mol. The molecule has 33 heavy (non-hydrogen) atoms. The van der Waals surface area contributed by atoms with Crippen molar-refractivity contribution in [2.75, 3.05) is 0 Å². The monoisotopic (exact) mass is 455 g/mol. The van der Waals surface area contributed by atoms with E-state index in [1.165, 1.54) is 49.7 Å². The molecule has 0 aromatic rings. The summed E-state index contributed by atoms with van der Waals surface area (Å²) in [5.74, 6) is 2.59. The molecule has 3 rings (SSSR count). The minimum Gasteiger partial charge on any atom is -0.390 e. The molecule has 2 N–H and O–H groups in total. The highest BCUT2D eigenvalue weighted by Gasteiger charge is 2.50. The first kappa shape index (κ1) is 26.3. The number of hydrogen-bond donors (Lipinski definition) is 2. The van der Waals surface area contributed by atoms with Crippen LogP contribution in [0.25, 0.3) is 0 Å². The van der Waals surface area contributed by atoms with Gasteiger partial charge in [-0.3, -0.25) is 4.79 Å². The first-order chi connectivity index (χ1) is 15.4. The van der Waals surface area contributed by atoms with Gasteiger partial charge < -0.3 is 10.4 Å². The average molecular weight is 456 g/mol. The Labute approximate surface area is 203 Å². The second-order valence-electron chi connectivity index (χ2n) is 12.4. The van der Waals surface area contributed by atoms with Gasteiger partial charge in [0.2, 0.25) is 5.91 Å². The van der Waals surface area contributed by atoms with Gasteiger partial charge >= 0.3 is 0 Å². The second-order valence-corrected chi connectivity index (χ2v) is 12.4. The number of carbonyl (C=O) groups is 1. The summed E-state index contributed by atoms with van der Waals surface area (Å²) in [7, 11) is 0. The molecule has 1 unspecified atom stereocenters. The van der Waals surface area contributed by atoms with Crippen LogP contribution in [0.15, 0.2) is 35.5 Å². The minimum absolute atomic E-state index is 0.0660. The van der Waals surface area contributed by atoms with Crippen LogP contribution in [-0.4, -0.2) is 22.7 Å². The minimum atomic E-state index is -0.585. The van der Waals surface area contributed by atoms with Gasteiger partial charge in [0.25, 0.3) is 0 Å². The van der Waals surface area contributed by atoms with Gasteiger partial charge in [-0.15, -0.1) is 0 Å². The molecule has 1 amide bonds. The van der Waals surface area contributed by atoms with Gasteiger partial charge in [0.15, 0.2) is 0 Å². The lowest BCUT2D eigenvalue weighted by molar-refractivity contribution is -0.119. The van der Waals surface area contributed by atoms with E-state index in [1.54, 1.807) is 12.5 Å². The van der Waals surface area contributed by atoms with Gasteiger partial charge in [0, 0.05) is 13.0 Å². The van der Waals surface area contributed by atoms with E-state index in [4.69, 9.17) is 0 Å². The fourth-order valence-corrected chi connectivity index (χ4v) is 7.11. The summed E-state index contributed by atoms with van der Waals surface area (Å²) in [5, 5.41) is 13.4. The summed E-state index contributed by atoms with van der Waals surface area (Å²) in [4.78, 5) is 11.5. The summed E-state index contributed by atoms with van der Waals surface area (Å²) in [6.45, 7) is 17.0. The SMILES string of the molecule is C=C1CC[C@@H](NC(C)=O)C/C1=C/C=C1\CCC[C@@]2(C)C1CC[C@@H]2[C@H](C)CC[C@H](C)C(C)(C)O. The van der Waals surface area contributed by atoms with Crippen molar-refractivity contribution in [3.8, 4) is 0 Å². The van der Waals surface area contributed by atoms with Crippen molar-refractivity contribution in [3.63, 3.8) is 0 Å². The maximum atomic E-state index is 11.5. The molecule has 0 spiro atoms. The van der Waals surface area contributed by atoms with Crippen molar-refractivity contribution in [2.24, 2.45) is 29.1 Å². The van der Waals surface area contributed by atoms with Crippen LogP contribution in [0.4, 0.5) is 0 Å². The summed E-state index contributed by atoms with van der Waals surface area (Å²) < 4.78 is 0. The fourth-order valence-electron chi connectivity index (χ4n) is 7.11. The van der Waals surface area contributed by atoms with Gasteiger partial charge in [-0.1, -0.05) is 57.1 Å². The Morgan fingerprint density at radius 1 is 1.21 bits per heavy atom. The smallest absolute Gasteiger partial charge is 0.217 e. The standard InChI is InChI=1S/C30H49NO2/c1-20-11-15-26(31-23(4)32)19-25(20)14-13-24-9-8-18-30(7)27(16-17-28(24)30)21(2)10-12-22(3)29(5,6)33/h13-14,21-22,26-28,33H,1,8-12,15-19H2,2-7H3,(H,31,32)/b24-13+,25-14-/t21-,22+,26-,27-,28?,30-/m1/s1. The molecule has 0 heterocycles. The molecule has 3 fully saturated rings. The molecule has 0 aromatic carbocycles. The number of nitrogens with one attached hydrogen (secondary N) is 1. The lowest BCUT2D eigenvalue weighted by atomic mass is 9.60. The zero-order chi connectivity index (χ0) is 24.4. The van der Waals surface area contributed by atoms with E-state index in [0.29, 0.717) is 23.2 Å². The number of carbonyl (C=O) groups excluding carboxylic acids is 1. The molecular weight excluding hydrogens is 406 g/mol. The fraction of sp³-hybridized carbons (Fsp3) is 0.767. The van der Waals surface area contributed by atoms with Crippen LogP contribution in [0.5, 0.6) is 0 Å². The van der Waals surface area contributed by atoms with Crippen molar-refractivity contribution >= 4 is 5.91 Å². The first-order valence-electron chi connectivity index (χ1n) is 13.5. The second kappa shape index (κ2) is 10.5. The molecule has 0 bridgehead atoms. The van der Waals surface area contributed by atoms with Gasteiger partial charge in [-0.05, 0) is 106 Å². The van der Waals surface area contributed by atoms with E-state index in [-0.39, 0.29) is 11.9 Å². The zero-order valence-electron chi connectivity index (χ0n) is 22.2. The summed E-state index contributed by atoms with van der Waals surface area (Å²) in [6, 6.07) is 0.247. The molecule has 186 valence electrons. The van der Waals surface area contributed by atoms with Crippen LogP contribution in [0.3, 0.4) is 0 Å². The molecule has 3 aliphatic carbocycles. The Bertz CT molecular complexity index is 786. The van der Waals surface area contributed by atoms with E-state index < -0.39 is 5.60 Å². The number of allylic oxidation sites excluding steroid dienone is 4. The lowest BCUT2D eigenvalue weighted by Crippen LogP contribution is -2.36. The average Bonchev–Trinajstić information content (AvgIpc) is 3.08. The number of rotatable bonds is 7. The van der Waals surface area contributed by atoms with Gasteiger partial charge in [0.05, 0.1) is 5.60 Å². The maximum absolute atomic E-state index is 11.5. The van der Waals surface area contributed by atoms with Gasteiger partial charge in [-0.25, -0.2) is 0 Å². The summed E-state index contributed by atoms with van der Waals surface area (Å²) in [5.41, 5.74) is 4.03. The van der Waals surface area contributed by atoms with E-state index in [9.17, 15) is 9.90 Å². The molecule has 0 aromatic heterocycles. The van der Waals surface area contributed by atoms with Crippen LogP contribution in [0, 0.1) is 29.1 Å². The Kier molecular flexibility index (Phi) is 8.36. The van der Waals surface area contributed by atoms with Gasteiger partial charge in [0.1, 0.15) is 0 Å². The van der Waals surface area contributed by atoms with Crippen molar-refractivity contribution in [2.45, 2.75) is 117 Å². The molecule has 0 radical (unpaired) electrons. The number of aliphatic hydroxyl groups is 1. The van der Waals surface area contributed by atoms with E-state index in [0.717, 1.165) is 31.6 Å². The van der Waals surface area contributed by atoms with Crippen LogP contribution >= 0.6 is 0 Å². The molecule has 6 atom stereocenters. The summed E-state index contributed by atoms with van der Waals surface area (Å²) >= 11 is 0. The van der Waals surface area contributed by atoms with Crippen LogP contribution in [0.2, 0.25) is 0 Å². The zero-order valence-corrected chi connectivity index (χ0v) is 22.2. The highest BCUT2D eigenvalue weighted by Crippen LogP contribution is 2.60. The van der Waals surface area contributed by atoms with Crippen molar-refractivity contribution in [1.29, 1.82) is 0 Å². The Morgan fingerprint density at radius 2 is 1.94 bits per heavy atom. The molecule has 0 saturated heterocycles. The Balaban J connectivity index is 1.69. The largest absolute Gasteiger partial charge is 0.390 e. The third-order valence-corrected chi connectivity index (χ3v) is 9.61. The van der Waals surface area contributed by atoms with E-state index in [1.807, 2.05) is 13.8 Å². The normalized spacial score (nSPS) is 34.9. The highest BCUT2D eigenvalue weighted by molar-refractivity contribution is 5.73. The van der Waals surface area contributed by atoms with Crippen LogP contribution in [0.1, 0.15) is 106 Å². The molecule has 3 heteroatoms. The van der Waals surface area contributed by atoms with Crippen molar-refractivity contribution < 1.29 is 9.90 Å². The summed E-state index contributed by atoms with van der Waals surface area (Å²) in [6.07, 6.45) is 16.5. The molecule has 3 nitrogen and oxygen atoms in total. The number of fused-ring (bicyclic) bond motifs is 1. The van der Waals surface area contributed by atoms with E-state index >= 15 is 0 Å². The maximum Gasteiger partial charge on any atom is 0.217 e. The molecule has 3 saturated carbocycles. The highest BCUT2D eigenvalue weighted by atomic mass is 16.3. The molecule has 0 aliphatic heterocycles. The van der Waals surface area contributed by atoms with Gasteiger partial charge in [-0.2, -0.15) is 0 Å². The first-order valence-corrected chi connectivity index (χ1v) is 13.5. The Morgan fingerprint density at radius 3 is 2.61 bits per heavy atom. The van der Waals surface area contributed by atoms with Crippen LogP contribution < -0.4 is 5.32 Å². The lowest BCUT2D eigenvalue weighted by Gasteiger charge is -2.44. The third kappa shape index (κ3) is 6.21. The number of hydrogen-bond acceptors (Lipinski definition) is 2. The van der Waals surface area contributed by atoms with Crippen LogP contribution in [-0.2, 0) is 4.79 Å². The predicted octanol–water partition coefficient (Wildman–Crippen LogP) is 7.12.